The van der Waals surface area contributed by atoms with Crippen LogP contribution in [0, 0.1) is 20.8 Å². The quantitative estimate of drug-likeness (QED) is 0.389. The van der Waals surface area contributed by atoms with E-state index < -0.39 is 0 Å². The van der Waals surface area contributed by atoms with Crippen LogP contribution in [0.3, 0.4) is 0 Å². The highest BCUT2D eigenvalue weighted by molar-refractivity contribution is 5.91. The average molecular weight is 475 g/mol. The van der Waals surface area contributed by atoms with E-state index in [9.17, 15) is 4.79 Å². The Kier molecular flexibility index (Phi) is 6.91. The molecule has 1 N–H and O–H groups in total. The van der Waals surface area contributed by atoms with Gasteiger partial charge in [0, 0.05) is 29.1 Å². The number of rotatable bonds is 8. The monoisotopic (exact) mass is 474 g/mol. The lowest BCUT2D eigenvalue weighted by atomic mass is 10.0. The molecule has 4 aromatic rings. The number of fused-ring (bicyclic) bond motifs is 1. The van der Waals surface area contributed by atoms with Gasteiger partial charge < -0.3 is 19.5 Å². The second-order valence-corrected chi connectivity index (χ2v) is 8.37. The number of hydrogen-bond donors (Lipinski definition) is 1. The molecule has 8 heteroatoms. The van der Waals surface area contributed by atoms with Gasteiger partial charge in [0.1, 0.15) is 0 Å². The number of aryl methyl sites for hydroxylation is 3. The van der Waals surface area contributed by atoms with Crippen molar-refractivity contribution in [1.82, 2.24) is 14.8 Å². The van der Waals surface area contributed by atoms with Crippen LogP contribution in [0.25, 0.3) is 16.7 Å². The van der Waals surface area contributed by atoms with Crippen LogP contribution in [0.5, 0.6) is 17.4 Å². The van der Waals surface area contributed by atoms with Crippen molar-refractivity contribution in [1.29, 1.82) is 0 Å². The normalized spacial score (nSPS) is 10.9. The van der Waals surface area contributed by atoms with E-state index in [1.807, 2.05) is 42.8 Å². The Hall–Kier alpha value is -4.07. The van der Waals surface area contributed by atoms with Crippen molar-refractivity contribution in [2.45, 2.75) is 33.6 Å². The van der Waals surface area contributed by atoms with Gasteiger partial charge in [-0.1, -0.05) is 17.7 Å². The molecule has 0 unspecified atom stereocenters. The lowest BCUT2D eigenvalue weighted by molar-refractivity contribution is -0.116. The van der Waals surface area contributed by atoms with E-state index in [1.165, 1.54) is 5.56 Å². The molecule has 182 valence electrons. The summed E-state index contributed by atoms with van der Waals surface area (Å²) in [5.74, 6) is 1.54. The lowest BCUT2D eigenvalue weighted by Gasteiger charge is -2.14. The van der Waals surface area contributed by atoms with Crippen LogP contribution in [0.4, 0.5) is 5.69 Å². The standard InChI is InChI=1S/C27H30N4O4/c1-16-7-10-20(11-8-16)31-26-25(18(3)30-31)17(2)21(27(29-26)35-6)12-14-24(32)28-19-9-13-22(33-4)23(15-19)34-5/h7-11,13,15H,12,14H2,1-6H3,(H,28,32). The fourth-order valence-corrected chi connectivity index (χ4v) is 4.24. The first-order valence-electron chi connectivity index (χ1n) is 11.4. The first-order chi connectivity index (χ1) is 16.9. The summed E-state index contributed by atoms with van der Waals surface area (Å²) in [5.41, 5.74) is 6.28. The van der Waals surface area contributed by atoms with E-state index in [0.717, 1.165) is 33.5 Å². The molecule has 0 aliphatic carbocycles. The highest BCUT2D eigenvalue weighted by Gasteiger charge is 2.20. The number of anilines is 1. The SMILES string of the molecule is COc1ccc(NC(=O)CCc2c(OC)nc3c(c(C)nn3-c3ccc(C)cc3)c2C)cc1OC. The Bertz CT molecular complexity index is 1380. The van der Waals surface area contributed by atoms with Gasteiger partial charge in [-0.3, -0.25) is 4.79 Å². The number of amides is 1. The second kappa shape index (κ2) is 10.0. The van der Waals surface area contributed by atoms with Crippen molar-refractivity contribution in [2.75, 3.05) is 26.6 Å². The Balaban J connectivity index is 1.60. The third-order valence-corrected chi connectivity index (χ3v) is 6.07. The van der Waals surface area contributed by atoms with E-state index in [-0.39, 0.29) is 12.3 Å². The van der Waals surface area contributed by atoms with Crippen LogP contribution in [-0.4, -0.2) is 42.0 Å². The number of methoxy groups -OCH3 is 3. The van der Waals surface area contributed by atoms with E-state index in [4.69, 9.17) is 24.3 Å². The number of carbonyl (C=O) groups excluding carboxylic acids is 1. The van der Waals surface area contributed by atoms with Gasteiger partial charge in [0.05, 0.1) is 32.7 Å². The first-order valence-corrected chi connectivity index (χ1v) is 11.4. The van der Waals surface area contributed by atoms with Crippen molar-refractivity contribution in [3.05, 3.63) is 64.8 Å². The molecule has 1 amide bonds. The first kappa shape index (κ1) is 24.1. The van der Waals surface area contributed by atoms with Gasteiger partial charge in [-0.15, -0.1) is 0 Å². The van der Waals surface area contributed by atoms with Gasteiger partial charge in [-0.05, 0) is 57.0 Å². The number of nitrogens with zero attached hydrogens (tertiary/aromatic N) is 3. The summed E-state index contributed by atoms with van der Waals surface area (Å²) in [6.45, 7) is 6.05. The van der Waals surface area contributed by atoms with Crippen molar-refractivity contribution < 1.29 is 19.0 Å². The molecule has 0 aliphatic rings. The molecule has 8 nitrogen and oxygen atoms in total. The molecule has 0 spiro atoms. The summed E-state index contributed by atoms with van der Waals surface area (Å²) in [6, 6.07) is 13.4. The maximum atomic E-state index is 12.7. The largest absolute Gasteiger partial charge is 0.493 e. The summed E-state index contributed by atoms with van der Waals surface area (Å²) >= 11 is 0. The summed E-state index contributed by atoms with van der Waals surface area (Å²) in [5, 5.41) is 8.64. The number of benzene rings is 2. The molecule has 35 heavy (non-hydrogen) atoms. The van der Waals surface area contributed by atoms with Crippen molar-refractivity contribution >= 4 is 22.6 Å². The molecule has 0 atom stereocenters. The van der Waals surface area contributed by atoms with E-state index in [1.54, 1.807) is 39.5 Å². The molecule has 2 heterocycles. The number of ether oxygens (including phenoxy) is 3. The predicted octanol–water partition coefficient (Wildman–Crippen LogP) is 4.94. The molecule has 0 bridgehead atoms. The van der Waals surface area contributed by atoms with Gasteiger partial charge in [-0.25, -0.2) is 4.68 Å². The van der Waals surface area contributed by atoms with Crippen LogP contribution in [0.15, 0.2) is 42.5 Å². The van der Waals surface area contributed by atoms with Gasteiger partial charge >= 0.3 is 0 Å². The molecule has 0 saturated carbocycles. The summed E-state index contributed by atoms with van der Waals surface area (Å²) in [7, 11) is 4.73. The van der Waals surface area contributed by atoms with Crippen LogP contribution < -0.4 is 19.5 Å². The molecular weight excluding hydrogens is 444 g/mol. The van der Waals surface area contributed by atoms with E-state index in [0.29, 0.717) is 29.5 Å². The van der Waals surface area contributed by atoms with Gasteiger partial charge in [0.2, 0.25) is 11.8 Å². The smallest absolute Gasteiger partial charge is 0.224 e. The minimum Gasteiger partial charge on any atom is -0.493 e. The van der Waals surface area contributed by atoms with E-state index in [2.05, 4.69) is 12.2 Å². The molecule has 0 aliphatic heterocycles. The molecule has 2 aromatic heterocycles. The number of pyridine rings is 1. The minimum atomic E-state index is -0.120. The fraction of sp³-hybridized carbons (Fsp3) is 0.296. The van der Waals surface area contributed by atoms with Gasteiger partial charge in [0.25, 0.3) is 0 Å². The van der Waals surface area contributed by atoms with Crippen LogP contribution in [-0.2, 0) is 11.2 Å². The maximum Gasteiger partial charge on any atom is 0.224 e. The van der Waals surface area contributed by atoms with Crippen molar-refractivity contribution in [3.8, 4) is 23.1 Å². The Labute approximate surface area is 204 Å². The third-order valence-electron chi connectivity index (χ3n) is 6.07. The molecule has 0 saturated heterocycles. The number of hydrogen-bond acceptors (Lipinski definition) is 6. The van der Waals surface area contributed by atoms with Crippen LogP contribution in [0.1, 0.15) is 28.8 Å². The highest BCUT2D eigenvalue weighted by atomic mass is 16.5. The molecular formula is C27H30N4O4. The maximum absolute atomic E-state index is 12.7. The predicted molar refractivity (Wildman–Crippen MR) is 136 cm³/mol. The summed E-state index contributed by atoms with van der Waals surface area (Å²) in [4.78, 5) is 17.5. The van der Waals surface area contributed by atoms with Crippen LogP contribution >= 0.6 is 0 Å². The van der Waals surface area contributed by atoms with Crippen molar-refractivity contribution in [3.63, 3.8) is 0 Å². The Morgan fingerprint density at radius 3 is 2.31 bits per heavy atom. The number of aromatic nitrogens is 3. The summed E-state index contributed by atoms with van der Waals surface area (Å²) in [6.07, 6.45) is 0.746. The zero-order valence-corrected chi connectivity index (χ0v) is 20.9. The zero-order chi connectivity index (χ0) is 25.1. The molecule has 2 aromatic carbocycles. The molecule has 0 fully saturated rings. The molecule has 0 radical (unpaired) electrons. The number of carbonyl (C=O) groups is 1. The van der Waals surface area contributed by atoms with Gasteiger partial charge in [0.15, 0.2) is 17.1 Å². The third kappa shape index (κ3) is 4.77. The van der Waals surface area contributed by atoms with Gasteiger partial charge in [-0.2, -0.15) is 10.1 Å². The van der Waals surface area contributed by atoms with E-state index >= 15 is 0 Å². The second-order valence-electron chi connectivity index (χ2n) is 8.37. The van der Waals surface area contributed by atoms with Crippen molar-refractivity contribution in [2.24, 2.45) is 0 Å². The summed E-state index contributed by atoms with van der Waals surface area (Å²) < 4.78 is 18.1. The number of nitrogens with one attached hydrogen (secondary N) is 1. The Morgan fingerprint density at radius 2 is 1.66 bits per heavy atom. The van der Waals surface area contributed by atoms with Crippen LogP contribution in [0.2, 0.25) is 0 Å². The average Bonchev–Trinajstić information content (AvgIpc) is 3.19. The fourth-order valence-electron chi connectivity index (χ4n) is 4.24. The zero-order valence-electron chi connectivity index (χ0n) is 20.9. The Morgan fingerprint density at radius 1 is 0.943 bits per heavy atom. The highest BCUT2D eigenvalue weighted by Crippen LogP contribution is 2.33. The topological polar surface area (TPSA) is 87.5 Å². The lowest BCUT2D eigenvalue weighted by Crippen LogP contribution is -2.13. The minimum absolute atomic E-state index is 0.120. The molecule has 4 rings (SSSR count).